The van der Waals surface area contributed by atoms with Crippen LogP contribution >= 0.6 is 0 Å². The van der Waals surface area contributed by atoms with Crippen molar-refractivity contribution in [3.05, 3.63) is 29.6 Å². The van der Waals surface area contributed by atoms with Crippen LogP contribution < -0.4 is 0 Å². The van der Waals surface area contributed by atoms with Gasteiger partial charge in [-0.1, -0.05) is 19.4 Å². The van der Waals surface area contributed by atoms with Crippen molar-refractivity contribution in [1.82, 2.24) is 4.98 Å². The van der Waals surface area contributed by atoms with E-state index in [1.54, 1.807) is 7.11 Å². The Morgan fingerprint density at radius 1 is 1.33 bits per heavy atom. The van der Waals surface area contributed by atoms with Gasteiger partial charge in [0.05, 0.1) is 12.3 Å². The maximum absolute atomic E-state index is 5.00. The van der Waals surface area contributed by atoms with Crippen LogP contribution in [0.3, 0.4) is 0 Å². The lowest BCUT2D eigenvalue weighted by atomic mass is 10.2. The van der Waals surface area contributed by atoms with Gasteiger partial charge in [-0.3, -0.25) is 4.98 Å². The van der Waals surface area contributed by atoms with Crippen molar-refractivity contribution in [1.29, 1.82) is 0 Å². The van der Waals surface area contributed by atoms with Gasteiger partial charge in [-0.05, 0) is 18.6 Å². The highest BCUT2D eigenvalue weighted by Crippen LogP contribution is 2.02. The quantitative estimate of drug-likeness (QED) is 0.682. The van der Waals surface area contributed by atoms with E-state index in [1.165, 1.54) is 0 Å². The molecule has 0 unspecified atom stereocenters. The molecule has 0 amide bonds. The molecule has 0 aliphatic rings. The molecule has 1 aromatic heterocycles. The first-order valence-corrected chi connectivity index (χ1v) is 4.30. The summed E-state index contributed by atoms with van der Waals surface area (Å²) in [5.74, 6) is 0. The predicted molar refractivity (Wildman–Crippen MR) is 48.9 cm³/mol. The first kappa shape index (κ1) is 9.20. The predicted octanol–water partition coefficient (Wildman–Crippen LogP) is 2.18. The zero-order chi connectivity index (χ0) is 8.81. The molecule has 2 heteroatoms. The molecule has 12 heavy (non-hydrogen) atoms. The van der Waals surface area contributed by atoms with E-state index in [9.17, 15) is 0 Å². The number of aryl methyl sites for hydroxylation is 1. The standard InChI is InChI=1S/C10H15NO/c1-3-5-9-6-4-7-10(11-9)8-12-2/h4,6-7H,3,5,8H2,1-2H3. The smallest absolute Gasteiger partial charge is 0.0884 e. The second-order valence-corrected chi connectivity index (χ2v) is 2.80. The van der Waals surface area contributed by atoms with E-state index in [0.717, 1.165) is 24.2 Å². The molecule has 1 heterocycles. The van der Waals surface area contributed by atoms with Gasteiger partial charge in [-0.2, -0.15) is 0 Å². The maximum atomic E-state index is 5.00. The summed E-state index contributed by atoms with van der Waals surface area (Å²) in [6, 6.07) is 6.08. The van der Waals surface area contributed by atoms with E-state index in [1.807, 2.05) is 12.1 Å². The number of aromatic nitrogens is 1. The van der Waals surface area contributed by atoms with Gasteiger partial charge >= 0.3 is 0 Å². The van der Waals surface area contributed by atoms with E-state index in [4.69, 9.17) is 4.74 Å². The highest BCUT2D eigenvalue weighted by Gasteiger charge is 1.95. The monoisotopic (exact) mass is 165 g/mol. The number of rotatable bonds is 4. The van der Waals surface area contributed by atoms with Crippen molar-refractivity contribution >= 4 is 0 Å². The minimum Gasteiger partial charge on any atom is -0.378 e. The summed E-state index contributed by atoms with van der Waals surface area (Å²) >= 11 is 0. The zero-order valence-corrected chi connectivity index (χ0v) is 7.71. The van der Waals surface area contributed by atoms with Crippen LogP contribution in [0.1, 0.15) is 24.7 Å². The third kappa shape index (κ3) is 2.62. The van der Waals surface area contributed by atoms with Crippen molar-refractivity contribution < 1.29 is 4.74 Å². The summed E-state index contributed by atoms with van der Waals surface area (Å²) in [5, 5.41) is 0. The number of pyridine rings is 1. The molecule has 0 fully saturated rings. The fourth-order valence-corrected chi connectivity index (χ4v) is 1.15. The normalized spacial score (nSPS) is 10.2. The molecule has 0 aliphatic heterocycles. The molecule has 0 spiro atoms. The largest absolute Gasteiger partial charge is 0.378 e. The minimum atomic E-state index is 0.609. The molecule has 0 radical (unpaired) electrons. The number of nitrogens with zero attached hydrogens (tertiary/aromatic N) is 1. The summed E-state index contributed by atoms with van der Waals surface area (Å²) in [7, 11) is 1.69. The number of hydrogen-bond acceptors (Lipinski definition) is 2. The summed E-state index contributed by atoms with van der Waals surface area (Å²) in [4.78, 5) is 4.43. The summed E-state index contributed by atoms with van der Waals surface area (Å²) in [6.07, 6.45) is 2.20. The third-order valence-electron chi connectivity index (χ3n) is 1.66. The van der Waals surface area contributed by atoms with Crippen molar-refractivity contribution in [2.24, 2.45) is 0 Å². The Hall–Kier alpha value is -0.890. The summed E-state index contributed by atoms with van der Waals surface area (Å²) in [6.45, 7) is 2.77. The van der Waals surface area contributed by atoms with Gasteiger partial charge in [-0.25, -0.2) is 0 Å². The second kappa shape index (κ2) is 4.88. The Morgan fingerprint density at radius 2 is 2.08 bits per heavy atom. The average molecular weight is 165 g/mol. The fraction of sp³-hybridized carbons (Fsp3) is 0.500. The second-order valence-electron chi connectivity index (χ2n) is 2.80. The third-order valence-corrected chi connectivity index (χ3v) is 1.66. The Kier molecular flexibility index (Phi) is 3.74. The molecule has 0 bridgehead atoms. The molecule has 0 atom stereocenters. The van der Waals surface area contributed by atoms with Gasteiger partial charge in [0.2, 0.25) is 0 Å². The van der Waals surface area contributed by atoms with Crippen LogP contribution in [0.5, 0.6) is 0 Å². The molecular weight excluding hydrogens is 150 g/mol. The molecule has 0 N–H and O–H groups in total. The van der Waals surface area contributed by atoms with Gasteiger partial charge in [0, 0.05) is 12.8 Å². The number of methoxy groups -OCH3 is 1. The molecule has 0 aliphatic carbocycles. The first-order valence-electron chi connectivity index (χ1n) is 4.30. The molecule has 66 valence electrons. The topological polar surface area (TPSA) is 22.1 Å². The fourth-order valence-electron chi connectivity index (χ4n) is 1.15. The van der Waals surface area contributed by atoms with Crippen LogP contribution in [-0.2, 0) is 17.8 Å². The lowest BCUT2D eigenvalue weighted by Gasteiger charge is -2.01. The highest BCUT2D eigenvalue weighted by atomic mass is 16.5. The lowest BCUT2D eigenvalue weighted by Crippen LogP contribution is -1.96. The lowest BCUT2D eigenvalue weighted by molar-refractivity contribution is 0.181. The van der Waals surface area contributed by atoms with Crippen LogP contribution in [0.25, 0.3) is 0 Å². The number of hydrogen-bond donors (Lipinski definition) is 0. The molecular formula is C10H15NO. The van der Waals surface area contributed by atoms with Crippen molar-refractivity contribution in [2.45, 2.75) is 26.4 Å². The Morgan fingerprint density at radius 3 is 2.75 bits per heavy atom. The Labute approximate surface area is 73.6 Å². The summed E-state index contributed by atoms with van der Waals surface area (Å²) < 4.78 is 5.00. The van der Waals surface area contributed by atoms with E-state index < -0.39 is 0 Å². The molecule has 2 nitrogen and oxygen atoms in total. The van der Waals surface area contributed by atoms with Crippen LogP contribution in [0, 0.1) is 0 Å². The molecule has 0 saturated carbocycles. The van der Waals surface area contributed by atoms with Crippen molar-refractivity contribution in [3.8, 4) is 0 Å². The molecule has 1 aromatic rings. The maximum Gasteiger partial charge on any atom is 0.0884 e. The molecule has 1 rings (SSSR count). The van der Waals surface area contributed by atoms with Gasteiger partial charge in [-0.15, -0.1) is 0 Å². The summed E-state index contributed by atoms with van der Waals surface area (Å²) in [5.41, 5.74) is 2.18. The first-order chi connectivity index (χ1) is 5.86. The van der Waals surface area contributed by atoms with Crippen LogP contribution in [0.4, 0.5) is 0 Å². The highest BCUT2D eigenvalue weighted by molar-refractivity contribution is 5.10. The van der Waals surface area contributed by atoms with Gasteiger partial charge in [0.1, 0.15) is 0 Å². The minimum absolute atomic E-state index is 0.609. The van der Waals surface area contributed by atoms with Crippen molar-refractivity contribution in [2.75, 3.05) is 7.11 Å². The van der Waals surface area contributed by atoms with E-state index >= 15 is 0 Å². The zero-order valence-electron chi connectivity index (χ0n) is 7.71. The van der Waals surface area contributed by atoms with Crippen LogP contribution in [0.2, 0.25) is 0 Å². The van der Waals surface area contributed by atoms with Crippen LogP contribution in [-0.4, -0.2) is 12.1 Å². The average Bonchev–Trinajstić information content (AvgIpc) is 2.06. The SMILES string of the molecule is CCCc1cccc(COC)n1. The Bertz CT molecular complexity index is 214. The van der Waals surface area contributed by atoms with Gasteiger partial charge in [0.15, 0.2) is 0 Å². The van der Waals surface area contributed by atoms with Gasteiger partial charge < -0.3 is 4.74 Å². The van der Waals surface area contributed by atoms with Crippen LogP contribution in [0.15, 0.2) is 18.2 Å². The Balaban J connectivity index is 2.67. The van der Waals surface area contributed by atoms with E-state index in [0.29, 0.717) is 6.61 Å². The van der Waals surface area contributed by atoms with Gasteiger partial charge in [0.25, 0.3) is 0 Å². The molecule has 0 aromatic carbocycles. The van der Waals surface area contributed by atoms with Crippen molar-refractivity contribution in [3.63, 3.8) is 0 Å². The van der Waals surface area contributed by atoms with E-state index in [2.05, 4.69) is 18.0 Å². The van der Waals surface area contributed by atoms with E-state index in [-0.39, 0.29) is 0 Å². The molecule has 0 saturated heterocycles. The number of ether oxygens (including phenoxy) is 1.